The Balaban J connectivity index is 1.83. The average molecular weight is 367 g/mol. The van der Waals surface area contributed by atoms with Crippen molar-refractivity contribution in [2.24, 2.45) is 0 Å². The van der Waals surface area contributed by atoms with E-state index in [1.165, 1.54) is 7.11 Å². The van der Waals surface area contributed by atoms with Crippen LogP contribution in [-0.2, 0) is 6.61 Å². The molecule has 7 heteroatoms. The Hall–Kier alpha value is -1.86. The standard InChI is InChI=1S/C14H11BrN2O3S/c1-19-12-5-9(7-18)4-11(15)13(12)20-8-10-6-17-2-3-21-14(17)16-10/h2-7H,8H2,1H3. The molecule has 0 radical (unpaired) electrons. The third-order valence-corrected chi connectivity index (χ3v) is 4.26. The van der Waals surface area contributed by atoms with Gasteiger partial charge in [-0.1, -0.05) is 0 Å². The number of hydrogen-bond donors (Lipinski definition) is 0. The highest BCUT2D eigenvalue weighted by atomic mass is 79.9. The number of carbonyl (C=O) groups excluding carboxylic acids is 1. The van der Waals surface area contributed by atoms with E-state index in [1.807, 2.05) is 22.2 Å². The summed E-state index contributed by atoms with van der Waals surface area (Å²) in [6, 6.07) is 3.33. The highest BCUT2D eigenvalue weighted by molar-refractivity contribution is 9.10. The molecule has 0 amide bonds. The van der Waals surface area contributed by atoms with Crippen molar-refractivity contribution in [3.8, 4) is 11.5 Å². The predicted octanol–water partition coefficient (Wildman–Crippen LogP) is 3.56. The molecule has 0 spiro atoms. The first-order valence-electron chi connectivity index (χ1n) is 6.08. The summed E-state index contributed by atoms with van der Waals surface area (Å²) in [4.78, 5) is 16.2. The molecule has 0 N–H and O–H groups in total. The number of thiazole rings is 1. The summed E-state index contributed by atoms with van der Waals surface area (Å²) in [5.74, 6) is 1.06. The number of hydrogen-bond acceptors (Lipinski definition) is 5. The van der Waals surface area contributed by atoms with E-state index in [1.54, 1.807) is 23.5 Å². The second kappa shape index (κ2) is 5.87. The zero-order valence-electron chi connectivity index (χ0n) is 11.1. The number of halogens is 1. The molecule has 0 fully saturated rings. The zero-order valence-corrected chi connectivity index (χ0v) is 13.5. The number of nitrogens with zero attached hydrogens (tertiary/aromatic N) is 2. The maximum absolute atomic E-state index is 10.9. The molecule has 0 bridgehead atoms. The molecule has 0 saturated carbocycles. The lowest BCUT2D eigenvalue weighted by atomic mass is 10.2. The molecule has 3 rings (SSSR count). The molecule has 2 heterocycles. The largest absolute Gasteiger partial charge is 0.493 e. The topological polar surface area (TPSA) is 52.8 Å². The first-order valence-corrected chi connectivity index (χ1v) is 7.75. The lowest BCUT2D eigenvalue weighted by Gasteiger charge is -2.12. The number of rotatable bonds is 5. The van der Waals surface area contributed by atoms with Gasteiger partial charge >= 0.3 is 0 Å². The number of aromatic nitrogens is 2. The van der Waals surface area contributed by atoms with Crippen LogP contribution in [0.2, 0.25) is 0 Å². The highest BCUT2D eigenvalue weighted by Crippen LogP contribution is 2.36. The number of imidazole rings is 1. The summed E-state index contributed by atoms with van der Waals surface area (Å²) in [7, 11) is 1.54. The van der Waals surface area contributed by atoms with Crippen LogP contribution in [0.1, 0.15) is 16.1 Å². The van der Waals surface area contributed by atoms with Crippen molar-refractivity contribution in [3.63, 3.8) is 0 Å². The molecule has 0 aliphatic rings. The van der Waals surface area contributed by atoms with Crippen molar-refractivity contribution in [2.45, 2.75) is 6.61 Å². The Labute approximate surface area is 133 Å². The Morgan fingerprint density at radius 1 is 1.48 bits per heavy atom. The van der Waals surface area contributed by atoms with E-state index in [4.69, 9.17) is 9.47 Å². The fraction of sp³-hybridized carbons (Fsp3) is 0.143. The van der Waals surface area contributed by atoms with E-state index in [-0.39, 0.29) is 0 Å². The van der Waals surface area contributed by atoms with Gasteiger partial charge in [0.1, 0.15) is 12.9 Å². The molecule has 5 nitrogen and oxygen atoms in total. The van der Waals surface area contributed by atoms with E-state index in [9.17, 15) is 4.79 Å². The maximum atomic E-state index is 10.9. The lowest BCUT2D eigenvalue weighted by molar-refractivity contribution is 0.112. The highest BCUT2D eigenvalue weighted by Gasteiger charge is 2.13. The number of aldehydes is 1. The summed E-state index contributed by atoms with van der Waals surface area (Å²) in [5, 5.41) is 1.98. The van der Waals surface area contributed by atoms with Gasteiger partial charge in [0.05, 0.1) is 17.3 Å². The van der Waals surface area contributed by atoms with Gasteiger partial charge in [-0.2, -0.15) is 0 Å². The Bertz CT molecular complexity index is 768. The van der Waals surface area contributed by atoms with Gasteiger partial charge in [0.2, 0.25) is 0 Å². The second-order valence-electron chi connectivity index (χ2n) is 4.27. The fourth-order valence-electron chi connectivity index (χ4n) is 1.94. The van der Waals surface area contributed by atoms with Gasteiger partial charge in [0.25, 0.3) is 0 Å². The van der Waals surface area contributed by atoms with E-state index < -0.39 is 0 Å². The van der Waals surface area contributed by atoms with Crippen LogP contribution < -0.4 is 9.47 Å². The van der Waals surface area contributed by atoms with Crippen molar-refractivity contribution < 1.29 is 14.3 Å². The lowest BCUT2D eigenvalue weighted by Crippen LogP contribution is -1.99. The fourth-order valence-corrected chi connectivity index (χ4v) is 3.23. The van der Waals surface area contributed by atoms with Gasteiger partial charge in [-0.25, -0.2) is 4.98 Å². The second-order valence-corrected chi connectivity index (χ2v) is 5.99. The minimum Gasteiger partial charge on any atom is -0.493 e. The number of methoxy groups -OCH3 is 1. The molecule has 0 unspecified atom stereocenters. The third kappa shape index (κ3) is 2.79. The molecule has 21 heavy (non-hydrogen) atoms. The molecule has 0 aliphatic carbocycles. The van der Waals surface area contributed by atoms with Crippen LogP contribution in [0, 0.1) is 0 Å². The van der Waals surface area contributed by atoms with Crippen molar-refractivity contribution in [1.82, 2.24) is 9.38 Å². The smallest absolute Gasteiger partial charge is 0.193 e. The predicted molar refractivity (Wildman–Crippen MR) is 83.5 cm³/mol. The van der Waals surface area contributed by atoms with Crippen LogP contribution in [0.15, 0.2) is 34.4 Å². The first kappa shape index (κ1) is 14.1. The van der Waals surface area contributed by atoms with Crippen molar-refractivity contribution in [3.05, 3.63) is 45.6 Å². The van der Waals surface area contributed by atoms with E-state index in [2.05, 4.69) is 20.9 Å². The van der Waals surface area contributed by atoms with Crippen LogP contribution in [0.25, 0.3) is 4.96 Å². The SMILES string of the molecule is COc1cc(C=O)cc(Br)c1OCc1cn2ccsc2n1. The van der Waals surface area contributed by atoms with Crippen molar-refractivity contribution in [1.29, 1.82) is 0 Å². The average Bonchev–Trinajstić information content (AvgIpc) is 3.06. The number of benzene rings is 1. The third-order valence-electron chi connectivity index (χ3n) is 2.90. The van der Waals surface area contributed by atoms with Gasteiger partial charge in [-0.3, -0.25) is 9.20 Å². The molecule has 0 aliphatic heterocycles. The maximum Gasteiger partial charge on any atom is 0.193 e. The molecule has 0 saturated heterocycles. The van der Waals surface area contributed by atoms with Gasteiger partial charge in [0.15, 0.2) is 16.5 Å². The molecule has 1 aromatic carbocycles. The number of fused-ring (bicyclic) bond motifs is 1. The molecule has 108 valence electrons. The van der Waals surface area contributed by atoms with Gasteiger partial charge in [0, 0.05) is 23.3 Å². The van der Waals surface area contributed by atoms with Gasteiger partial charge in [-0.05, 0) is 28.1 Å². The Kier molecular flexibility index (Phi) is 3.94. The van der Waals surface area contributed by atoms with E-state index >= 15 is 0 Å². The normalized spacial score (nSPS) is 10.8. The summed E-state index contributed by atoms with van der Waals surface area (Å²) in [6.07, 6.45) is 4.64. The molecule has 2 aromatic heterocycles. The molecular formula is C14H11BrN2O3S. The Morgan fingerprint density at radius 2 is 2.33 bits per heavy atom. The van der Waals surface area contributed by atoms with Crippen LogP contribution >= 0.6 is 27.3 Å². The minimum absolute atomic E-state index is 0.323. The molecule has 3 aromatic rings. The van der Waals surface area contributed by atoms with Gasteiger partial charge in [-0.15, -0.1) is 11.3 Å². The summed E-state index contributed by atoms with van der Waals surface area (Å²) in [5.41, 5.74) is 1.35. The van der Waals surface area contributed by atoms with Crippen LogP contribution in [-0.4, -0.2) is 22.8 Å². The van der Waals surface area contributed by atoms with E-state index in [0.717, 1.165) is 16.9 Å². The Morgan fingerprint density at radius 3 is 3.05 bits per heavy atom. The van der Waals surface area contributed by atoms with E-state index in [0.29, 0.717) is 28.1 Å². The number of ether oxygens (including phenoxy) is 2. The quantitative estimate of drug-likeness (QED) is 0.647. The summed E-state index contributed by atoms with van der Waals surface area (Å²) in [6.45, 7) is 0.323. The monoisotopic (exact) mass is 366 g/mol. The summed E-state index contributed by atoms with van der Waals surface area (Å²) < 4.78 is 13.7. The zero-order chi connectivity index (χ0) is 14.8. The van der Waals surface area contributed by atoms with Gasteiger partial charge < -0.3 is 9.47 Å². The minimum atomic E-state index is 0.323. The first-order chi connectivity index (χ1) is 10.2. The van der Waals surface area contributed by atoms with Crippen LogP contribution in [0.4, 0.5) is 0 Å². The van der Waals surface area contributed by atoms with Crippen molar-refractivity contribution in [2.75, 3.05) is 7.11 Å². The summed E-state index contributed by atoms with van der Waals surface area (Å²) >= 11 is 4.96. The molecular weight excluding hydrogens is 356 g/mol. The van der Waals surface area contributed by atoms with Crippen LogP contribution in [0.5, 0.6) is 11.5 Å². The van der Waals surface area contributed by atoms with Crippen molar-refractivity contribution >= 4 is 38.5 Å². The van der Waals surface area contributed by atoms with Crippen LogP contribution in [0.3, 0.4) is 0 Å². The number of carbonyl (C=O) groups is 1. The molecule has 0 atom stereocenters.